The van der Waals surface area contributed by atoms with Crippen molar-refractivity contribution < 1.29 is 5.11 Å². The summed E-state index contributed by atoms with van der Waals surface area (Å²) in [7, 11) is 0. The maximum atomic E-state index is 9.48. The van der Waals surface area contributed by atoms with Gasteiger partial charge in [-0.2, -0.15) is 0 Å². The van der Waals surface area contributed by atoms with Crippen molar-refractivity contribution >= 4 is 0 Å². The van der Waals surface area contributed by atoms with Gasteiger partial charge in [-0.05, 0) is 24.2 Å². The predicted molar refractivity (Wildman–Crippen MR) is 33.7 cm³/mol. The molecule has 9 heavy (non-hydrogen) atoms. The molecule has 1 nitrogen and oxygen atoms in total. The Labute approximate surface area is 54.4 Å². The predicted octanol–water partition coefficient (Wildman–Crippen LogP) is 0.799. The molecule has 0 heterocycles. The quantitative estimate of drug-likeness (QED) is 0.471. The first-order valence-corrected chi connectivity index (χ1v) is 3.74. The normalized spacial score (nSPS) is 66.6. The molecule has 5 atom stereocenters. The van der Waals surface area contributed by atoms with E-state index in [2.05, 4.69) is 12.2 Å². The summed E-state index contributed by atoms with van der Waals surface area (Å²) in [6, 6.07) is 0. The summed E-state index contributed by atoms with van der Waals surface area (Å²) in [5.74, 6) is 2.88. The van der Waals surface area contributed by atoms with Crippen molar-refractivity contribution in [2.45, 2.75) is 12.5 Å². The second-order valence-corrected chi connectivity index (χ2v) is 3.59. The molecule has 0 aromatic carbocycles. The van der Waals surface area contributed by atoms with Gasteiger partial charge in [0, 0.05) is 5.92 Å². The lowest BCUT2D eigenvalue weighted by atomic mass is 9.91. The lowest BCUT2D eigenvalue weighted by Crippen LogP contribution is -2.20. The van der Waals surface area contributed by atoms with Crippen LogP contribution in [-0.2, 0) is 0 Å². The lowest BCUT2D eigenvalue weighted by Gasteiger charge is -2.19. The van der Waals surface area contributed by atoms with Gasteiger partial charge in [-0.15, -0.1) is 0 Å². The van der Waals surface area contributed by atoms with Crippen LogP contribution in [0.3, 0.4) is 0 Å². The van der Waals surface area contributed by atoms with Gasteiger partial charge in [-0.25, -0.2) is 0 Å². The van der Waals surface area contributed by atoms with E-state index in [1.807, 2.05) is 0 Å². The van der Waals surface area contributed by atoms with Crippen molar-refractivity contribution in [3.8, 4) is 0 Å². The van der Waals surface area contributed by atoms with Gasteiger partial charge in [-0.3, -0.25) is 0 Å². The van der Waals surface area contributed by atoms with E-state index in [-0.39, 0.29) is 6.10 Å². The summed E-state index contributed by atoms with van der Waals surface area (Å²) in [4.78, 5) is 0. The molecule has 0 aliphatic heterocycles. The van der Waals surface area contributed by atoms with E-state index in [1.165, 1.54) is 6.42 Å². The smallest absolute Gasteiger partial charge is 0.0639 e. The summed E-state index contributed by atoms with van der Waals surface area (Å²) in [6.07, 6.45) is 5.81. The highest BCUT2D eigenvalue weighted by Crippen LogP contribution is 2.63. The largest absolute Gasteiger partial charge is 0.392 e. The molecule has 0 aromatic heterocycles. The molecule has 0 amide bonds. The Morgan fingerprint density at radius 3 is 2.56 bits per heavy atom. The lowest BCUT2D eigenvalue weighted by molar-refractivity contribution is 0.117. The topological polar surface area (TPSA) is 20.2 Å². The van der Waals surface area contributed by atoms with E-state index in [0.717, 1.165) is 11.8 Å². The maximum Gasteiger partial charge on any atom is 0.0639 e. The summed E-state index contributed by atoms with van der Waals surface area (Å²) in [5, 5.41) is 9.48. The average Bonchev–Trinajstić information content (AvgIpc) is 2.52. The highest BCUT2D eigenvalue weighted by Gasteiger charge is 2.61. The molecule has 0 aromatic rings. The molecule has 0 spiro atoms. The standard InChI is InChI=1S/C8H10O/c9-8-4-1-2-5-6(3-4)7(5)8/h1-2,4-9H,3H2. The monoisotopic (exact) mass is 122 g/mol. The molecular weight excluding hydrogens is 112 g/mol. The molecule has 1 heteroatoms. The van der Waals surface area contributed by atoms with Gasteiger partial charge < -0.3 is 5.11 Å². The number of aliphatic hydroxyl groups is 1. The van der Waals surface area contributed by atoms with E-state index < -0.39 is 0 Å². The zero-order chi connectivity index (χ0) is 6.01. The van der Waals surface area contributed by atoms with Crippen LogP contribution in [0.25, 0.3) is 0 Å². The first-order chi connectivity index (χ1) is 4.38. The van der Waals surface area contributed by atoms with E-state index in [4.69, 9.17) is 0 Å². The van der Waals surface area contributed by atoms with Crippen LogP contribution < -0.4 is 0 Å². The van der Waals surface area contributed by atoms with Crippen LogP contribution >= 0.6 is 0 Å². The Morgan fingerprint density at radius 1 is 1.33 bits per heavy atom. The summed E-state index contributed by atoms with van der Waals surface area (Å²) in [5.41, 5.74) is 0. The molecule has 4 bridgehead atoms. The Kier molecular flexibility index (Phi) is 0.552. The SMILES string of the molecule is OC1C2C=CC3C(C2)C13. The van der Waals surface area contributed by atoms with Gasteiger partial charge in [0.05, 0.1) is 6.10 Å². The molecule has 0 saturated heterocycles. The van der Waals surface area contributed by atoms with Gasteiger partial charge in [0.25, 0.3) is 0 Å². The Hall–Kier alpha value is -0.300. The minimum absolute atomic E-state index is 0.0324. The third kappa shape index (κ3) is 0.351. The van der Waals surface area contributed by atoms with Gasteiger partial charge in [-0.1, -0.05) is 12.2 Å². The second-order valence-electron chi connectivity index (χ2n) is 3.59. The van der Waals surface area contributed by atoms with Crippen LogP contribution in [0.15, 0.2) is 12.2 Å². The van der Waals surface area contributed by atoms with Gasteiger partial charge in [0.1, 0.15) is 0 Å². The van der Waals surface area contributed by atoms with Crippen LogP contribution in [-0.4, -0.2) is 11.2 Å². The van der Waals surface area contributed by atoms with E-state index in [1.54, 1.807) is 0 Å². The molecule has 48 valence electrons. The fraction of sp³-hybridized carbons (Fsp3) is 0.750. The Bertz CT molecular complexity index is 185. The summed E-state index contributed by atoms with van der Waals surface area (Å²) >= 11 is 0. The van der Waals surface area contributed by atoms with Crippen molar-refractivity contribution in [1.82, 2.24) is 0 Å². The highest BCUT2D eigenvalue weighted by atomic mass is 16.3. The molecule has 2 fully saturated rings. The van der Waals surface area contributed by atoms with Crippen molar-refractivity contribution in [2.75, 3.05) is 0 Å². The average molecular weight is 122 g/mol. The van der Waals surface area contributed by atoms with Crippen LogP contribution in [0.1, 0.15) is 6.42 Å². The Balaban J connectivity index is 2.11. The molecular formula is C8H10O. The number of hydrogen-bond acceptors (Lipinski definition) is 1. The summed E-state index contributed by atoms with van der Waals surface area (Å²) < 4.78 is 0. The van der Waals surface area contributed by atoms with Crippen molar-refractivity contribution in [3.05, 3.63) is 12.2 Å². The van der Waals surface area contributed by atoms with Gasteiger partial charge >= 0.3 is 0 Å². The molecule has 1 N–H and O–H groups in total. The first-order valence-electron chi connectivity index (χ1n) is 3.74. The van der Waals surface area contributed by atoms with Crippen molar-refractivity contribution in [2.24, 2.45) is 23.7 Å². The third-order valence-corrected chi connectivity index (χ3v) is 3.25. The molecule has 5 unspecified atom stereocenters. The number of aliphatic hydroxyl groups excluding tert-OH is 1. The second kappa shape index (κ2) is 1.10. The molecule has 4 aliphatic rings. The Morgan fingerprint density at radius 2 is 2.22 bits per heavy atom. The van der Waals surface area contributed by atoms with E-state index in [9.17, 15) is 5.11 Å². The zero-order valence-electron chi connectivity index (χ0n) is 5.20. The van der Waals surface area contributed by atoms with Crippen molar-refractivity contribution in [1.29, 1.82) is 0 Å². The number of rotatable bonds is 0. The van der Waals surface area contributed by atoms with E-state index in [0.29, 0.717) is 11.8 Å². The third-order valence-electron chi connectivity index (χ3n) is 3.25. The number of allylic oxidation sites excluding steroid dienone is 1. The minimum atomic E-state index is 0.0324. The zero-order valence-corrected chi connectivity index (χ0v) is 5.20. The first kappa shape index (κ1) is 4.51. The summed E-state index contributed by atoms with van der Waals surface area (Å²) in [6.45, 7) is 0. The maximum absolute atomic E-state index is 9.48. The molecule has 4 rings (SSSR count). The van der Waals surface area contributed by atoms with Crippen molar-refractivity contribution in [3.63, 3.8) is 0 Å². The van der Waals surface area contributed by atoms with Crippen LogP contribution in [0.5, 0.6) is 0 Å². The van der Waals surface area contributed by atoms with Crippen LogP contribution in [0, 0.1) is 23.7 Å². The molecule has 2 saturated carbocycles. The molecule has 0 radical (unpaired) electrons. The molecule has 4 aliphatic carbocycles. The fourth-order valence-electron chi connectivity index (χ4n) is 2.70. The number of hydrogen-bond donors (Lipinski definition) is 1. The highest BCUT2D eigenvalue weighted by molar-refractivity contribution is 5.24. The fourth-order valence-corrected chi connectivity index (χ4v) is 2.70. The minimum Gasteiger partial charge on any atom is -0.392 e. The van der Waals surface area contributed by atoms with Crippen LogP contribution in [0.2, 0.25) is 0 Å². The van der Waals surface area contributed by atoms with Crippen LogP contribution in [0.4, 0.5) is 0 Å². The van der Waals surface area contributed by atoms with Gasteiger partial charge in [0.2, 0.25) is 0 Å². The van der Waals surface area contributed by atoms with Gasteiger partial charge in [0.15, 0.2) is 0 Å². The van der Waals surface area contributed by atoms with E-state index >= 15 is 0 Å².